The van der Waals surface area contributed by atoms with Gasteiger partial charge in [0, 0.05) is 12.4 Å². The second kappa shape index (κ2) is 5.55. The molecule has 1 aromatic carbocycles. The highest BCUT2D eigenvalue weighted by Crippen LogP contribution is 2.37. The topological polar surface area (TPSA) is 90.5 Å². The monoisotopic (exact) mass is 370 g/mol. The van der Waals surface area contributed by atoms with Crippen LogP contribution in [0.25, 0.3) is 10.9 Å². The number of hydrogen-bond acceptors (Lipinski definition) is 4. The molecular weight excluding hydrogens is 360 g/mol. The first-order valence-corrected chi connectivity index (χ1v) is 9.09. The molecule has 3 rings (SSSR count). The van der Waals surface area contributed by atoms with E-state index in [0.717, 1.165) is 15.6 Å². The number of aromatic carboxylic acids is 1. The summed E-state index contributed by atoms with van der Waals surface area (Å²) in [5.74, 6) is -1.13. The number of thiophene rings is 1. The number of halogens is 1. The molecule has 120 valence electrons. The summed E-state index contributed by atoms with van der Waals surface area (Å²) in [4.78, 5) is 13.8. The summed E-state index contributed by atoms with van der Waals surface area (Å²) < 4.78 is 26.6. The number of carboxylic acid groups (broad SMARTS) is 1. The summed E-state index contributed by atoms with van der Waals surface area (Å²) in [5, 5.41) is 11.5. The minimum absolute atomic E-state index is 0.0366. The average molecular weight is 371 g/mol. The van der Waals surface area contributed by atoms with Crippen molar-refractivity contribution in [3.63, 3.8) is 0 Å². The fourth-order valence-corrected chi connectivity index (χ4v) is 4.97. The van der Waals surface area contributed by atoms with E-state index in [9.17, 15) is 13.2 Å². The Morgan fingerprint density at radius 3 is 2.70 bits per heavy atom. The van der Waals surface area contributed by atoms with Gasteiger partial charge in [-0.15, -0.1) is 11.3 Å². The highest BCUT2D eigenvalue weighted by atomic mass is 35.5. The van der Waals surface area contributed by atoms with Gasteiger partial charge in [0.05, 0.1) is 16.2 Å². The smallest absolute Gasteiger partial charge is 0.352 e. The Kier molecular flexibility index (Phi) is 3.83. The zero-order valence-electron chi connectivity index (χ0n) is 11.8. The molecule has 2 N–H and O–H groups in total. The quantitative estimate of drug-likeness (QED) is 0.736. The predicted molar refractivity (Wildman–Crippen MR) is 90.2 cm³/mol. The standard InChI is InChI=1S/C14H11ClN2O4S2/c1-17(23(20,21)11-3-2-6-22-11)13-9(15)5-4-8-7-10(14(18)19)16-12(8)13/h2-7,16H,1H3,(H,18,19). The first-order valence-electron chi connectivity index (χ1n) is 6.39. The van der Waals surface area contributed by atoms with Crippen LogP contribution in [0.4, 0.5) is 5.69 Å². The van der Waals surface area contributed by atoms with Crippen molar-refractivity contribution >= 4 is 55.5 Å². The molecule has 0 amide bonds. The Bertz CT molecular complexity index is 993. The van der Waals surface area contributed by atoms with Gasteiger partial charge in [0.15, 0.2) is 0 Å². The highest BCUT2D eigenvalue weighted by molar-refractivity contribution is 7.94. The Hall–Kier alpha value is -2.03. The number of H-pyrrole nitrogens is 1. The van der Waals surface area contributed by atoms with Crippen LogP contribution >= 0.6 is 22.9 Å². The van der Waals surface area contributed by atoms with Crippen molar-refractivity contribution in [3.8, 4) is 0 Å². The van der Waals surface area contributed by atoms with Gasteiger partial charge in [0.2, 0.25) is 0 Å². The molecular formula is C14H11ClN2O4S2. The number of benzene rings is 1. The van der Waals surface area contributed by atoms with Crippen LogP contribution in [-0.2, 0) is 10.0 Å². The van der Waals surface area contributed by atoms with E-state index in [0.29, 0.717) is 10.9 Å². The van der Waals surface area contributed by atoms with E-state index in [1.165, 1.54) is 19.2 Å². The number of aromatic amines is 1. The van der Waals surface area contributed by atoms with E-state index in [1.807, 2.05) is 0 Å². The first-order chi connectivity index (χ1) is 10.8. The minimum atomic E-state index is -3.77. The molecule has 0 atom stereocenters. The van der Waals surface area contributed by atoms with Gasteiger partial charge in [-0.05, 0) is 23.6 Å². The third kappa shape index (κ3) is 2.58. The van der Waals surface area contributed by atoms with Crippen molar-refractivity contribution in [2.75, 3.05) is 11.4 Å². The van der Waals surface area contributed by atoms with Gasteiger partial charge >= 0.3 is 5.97 Å². The van der Waals surface area contributed by atoms with Crippen LogP contribution in [0.3, 0.4) is 0 Å². The van der Waals surface area contributed by atoms with Gasteiger partial charge in [-0.1, -0.05) is 23.7 Å². The third-order valence-electron chi connectivity index (χ3n) is 3.38. The summed E-state index contributed by atoms with van der Waals surface area (Å²) in [6, 6.07) is 7.75. The number of carboxylic acids is 1. The van der Waals surface area contributed by atoms with Gasteiger partial charge in [0.25, 0.3) is 10.0 Å². The fourth-order valence-electron chi connectivity index (χ4n) is 2.25. The van der Waals surface area contributed by atoms with Crippen LogP contribution in [0.1, 0.15) is 10.5 Å². The lowest BCUT2D eigenvalue weighted by atomic mass is 10.2. The number of carbonyl (C=O) groups is 1. The van der Waals surface area contributed by atoms with Gasteiger partial charge in [0.1, 0.15) is 9.90 Å². The van der Waals surface area contributed by atoms with Crippen molar-refractivity contribution in [3.05, 3.63) is 46.4 Å². The molecule has 0 unspecified atom stereocenters. The number of nitrogens with one attached hydrogen (secondary N) is 1. The van der Waals surface area contributed by atoms with Crippen molar-refractivity contribution in [2.24, 2.45) is 0 Å². The SMILES string of the molecule is CN(c1c(Cl)ccc2cc(C(=O)O)[nH]c12)S(=O)(=O)c1cccs1. The van der Waals surface area contributed by atoms with Gasteiger partial charge in [-0.3, -0.25) is 4.31 Å². The van der Waals surface area contributed by atoms with Crippen molar-refractivity contribution in [2.45, 2.75) is 4.21 Å². The van der Waals surface area contributed by atoms with E-state index in [1.54, 1.807) is 23.6 Å². The number of nitrogens with zero attached hydrogens (tertiary/aromatic N) is 1. The van der Waals surface area contributed by atoms with Crippen LogP contribution in [0.5, 0.6) is 0 Å². The minimum Gasteiger partial charge on any atom is -0.477 e. The summed E-state index contributed by atoms with van der Waals surface area (Å²) >= 11 is 7.28. The lowest BCUT2D eigenvalue weighted by Gasteiger charge is -2.20. The molecule has 0 spiro atoms. The fraction of sp³-hybridized carbons (Fsp3) is 0.0714. The zero-order chi connectivity index (χ0) is 16.8. The van der Waals surface area contributed by atoms with Gasteiger partial charge in [-0.25, -0.2) is 13.2 Å². The van der Waals surface area contributed by atoms with Gasteiger partial charge < -0.3 is 10.1 Å². The molecule has 0 radical (unpaired) electrons. The lowest BCUT2D eigenvalue weighted by Crippen LogP contribution is -2.26. The molecule has 0 fully saturated rings. The molecule has 9 heteroatoms. The molecule has 0 aliphatic rings. The van der Waals surface area contributed by atoms with Crippen LogP contribution in [0.2, 0.25) is 5.02 Å². The third-order valence-corrected chi connectivity index (χ3v) is 6.81. The molecule has 0 saturated carbocycles. The lowest BCUT2D eigenvalue weighted by molar-refractivity contribution is 0.0691. The van der Waals surface area contributed by atoms with Crippen LogP contribution in [-0.4, -0.2) is 31.5 Å². The first kappa shape index (κ1) is 15.9. The molecule has 2 heterocycles. The molecule has 23 heavy (non-hydrogen) atoms. The molecule has 0 saturated heterocycles. The zero-order valence-corrected chi connectivity index (χ0v) is 14.2. The van der Waals surface area contributed by atoms with E-state index < -0.39 is 16.0 Å². The van der Waals surface area contributed by atoms with Crippen molar-refractivity contribution < 1.29 is 18.3 Å². The number of sulfonamides is 1. The number of anilines is 1. The molecule has 0 aliphatic carbocycles. The molecule has 6 nitrogen and oxygen atoms in total. The summed E-state index contributed by atoms with van der Waals surface area (Å²) in [6.45, 7) is 0. The predicted octanol–water partition coefficient (Wildman–Crippen LogP) is 3.41. The van der Waals surface area contributed by atoms with E-state index in [-0.39, 0.29) is 20.6 Å². The van der Waals surface area contributed by atoms with Crippen molar-refractivity contribution in [1.29, 1.82) is 0 Å². The maximum atomic E-state index is 12.7. The van der Waals surface area contributed by atoms with Crippen molar-refractivity contribution in [1.82, 2.24) is 4.98 Å². The Morgan fingerprint density at radius 2 is 2.09 bits per heavy atom. The average Bonchev–Trinajstić information content (AvgIpc) is 3.15. The van der Waals surface area contributed by atoms with E-state index in [2.05, 4.69) is 4.98 Å². The largest absolute Gasteiger partial charge is 0.477 e. The Labute approximate surface area is 141 Å². The maximum absolute atomic E-state index is 12.7. The van der Waals surface area contributed by atoms with Gasteiger partial charge in [-0.2, -0.15) is 0 Å². The molecule has 3 aromatic rings. The van der Waals surface area contributed by atoms with E-state index in [4.69, 9.17) is 16.7 Å². The van der Waals surface area contributed by atoms with Crippen LogP contribution in [0, 0.1) is 0 Å². The molecule has 0 aliphatic heterocycles. The van der Waals surface area contributed by atoms with E-state index >= 15 is 0 Å². The number of rotatable bonds is 4. The Morgan fingerprint density at radius 1 is 1.35 bits per heavy atom. The summed E-state index contributed by atoms with van der Waals surface area (Å²) in [5.41, 5.74) is 0.535. The Balaban J connectivity index is 2.23. The number of fused-ring (bicyclic) bond motifs is 1. The number of aromatic nitrogens is 1. The summed E-state index contributed by atoms with van der Waals surface area (Å²) in [7, 11) is -2.39. The second-order valence-corrected chi connectivity index (χ2v) is 8.30. The maximum Gasteiger partial charge on any atom is 0.352 e. The summed E-state index contributed by atoms with van der Waals surface area (Å²) in [6.07, 6.45) is 0. The normalized spacial score (nSPS) is 11.7. The van der Waals surface area contributed by atoms with Crippen LogP contribution in [0.15, 0.2) is 39.9 Å². The van der Waals surface area contributed by atoms with Crippen LogP contribution < -0.4 is 4.31 Å². The highest BCUT2D eigenvalue weighted by Gasteiger charge is 2.26. The molecule has 2 aromatic heterocycles. The molecule has 0 bridgehead atoms. The second-order valence-electron chi connectivity index (χ2n) is 4.75. The number of hydrogen-bond donors (Lipinski definition) is 2.